The molecule has 21 heavy (non-hydrogen) atoms. The van der Waals surface area contributed by atoms with Gasteiger partial charge in [-0.1, -0.05) is 17.7 Å². The quantitative estimate of drug-likeness (QED) is 0.837. The van der Waals surface area contributed by atoms with E-state index in [4.69, 9.17) is 21.4 Å². The van der Waals surface area contributed by atoms with Crippen molar-refractivity contribution in [3.63, 3.8) is 0 Å². The lowest BCUT2D eigenvalue weighted by Crippen LogP contribution is -2.49. The number of rotatable bonds is 4. The minimum Gasteiger partial charge on any atom is -0.394 e. The van der Waals surface area contributed by atoms with Gasteiger partial charge in [-0.25, -0.2) is 0 Å². The molecule has 1 aliphatic rings. The molecule has 2 N–H and O–H groups in total. The van der Waals surface area contributed by atoms with Gasteiger partial charge >= 0.3 is 0 Å². The predicted octanol–water partition coefficient (Wildman–Crippen LogP) is 0.290. The number of nitrogens with one attached hydrogen (secondary N) is 1. The Labute approximate surface area is 127 Å². The van der Waals surface area contributed by atoms with Crippen LogP contribution in [0, 0.1) is 0 Å². The minimum atomic E-state index is -0.355. The predicted molar refractivity (Wildman–Crippen MR) is 77.2 cm³/mol. The van der Waals surface area contributed by atoms with Gasteiger partial charge in [-0.2, -0.15) is 0 Å². The third-order valence-corrected chi connectivity index (χ3v) is 3.42. The van der Waals surface area contributed by atoms with Gasteiger partial charge in [0.25, 0.3) is 5.91 Å². The Kier molecular flexibility index (Phi) is 5.55. The molecular weight excluding hydrogens is 296 g/mol. The zero-order valence-electron chi connectivity index (χ0n) is 11.4. The number of carbonyl (C=O) groups is 2. The first-order chi connectivity index (χ1) is 10.1. The first kappa shape index (κ1) is 15.8. The van der Waals surface area contributed by atoms with Crippen molar-refractivity contribution in [1.29, 1.82) is 0 Å². The fraction of sp³-hybridized carbons (Fsp3) is 0.429. The van der Waals surface area contributed by atoms with Crippen molar-refractivity contribution in [3.05, 3.63) is 34.9 Å². The molecule has 114 valence electrons. The van der Waals surface area contributed by atoms with Gasteiger partial charge in [-0.05, 0) is 18.2 Å². The minimum absolute atomic E-state index is 0.0938. The van der Waals surface area contributed by atoms with Crippen LogP contribution >= 0.6 is 11.6 Å². The molecule has 2 rings (SSSR count). The standard InChI is InChI=1S/C14H17ClN2O4/c15-11-3-1-2-10(6-11)14(20)16-7-13(19)17-4-5-21-12(8-17)9-18/h1-3,6,12,18H,4-5,7-9H2,(H,16,20). The number of benzene rings is 1. The van der Waals surface area contributed by atoms with E-state index >= 15 is 0 Å². The van der Waals surface area contributed by atoms with Crippen LogP contribution in [0.25, 0.3) is 0 Å². The number of carbonyl (C=O) groups excluding carboxylic acids is 2. The maximum absolute atomic E-state index is 12.0. The molecule has 1 fully saturated rings. The van der Waals surface area contributed by atoms with E-state index in [-0.39, 0.29) is 31.1 Å². The Morgan fingerprint density at radius 2 is 2.29 bits per heavy atom. The van der Waals surface area contributed by atoms with Crippen LogP contribution in [-0.2, 0) is 9.53 Å². The molecule has 1 saturated heterocycles. The van der Waals surface area contributed by atoms with E-state index in [1.54, 1.807) is 23.1 Å². The van der Waals surface area contributed by atoms with Gasteiger partial charge < -0.3 is 20.1 Å². The highest BCUT2D eigenvalue weighted by atomic mass is 35.5. The Morgan fingerprint density at radius 1 is 1.48 bits per heavy atom. The average Bonchev–Trinajstić information content (AvgIpc) is 2.52. The van der Waals surface area contributed by atoms with E-state index < -0.39 is 0 Å². The van der Waals surface area contributed by atoms with Crippen molar-refractivity contribution >= 4 is 23.4 Å². The van der Waals surface area contributed by atoms with Gasteiger partial charge in [0.05, 0.1) is 25.9 Å². The van der Waals surface area contributed by atoms with Crippen LogP contribution in [-0.4, -0.2) is 60.8 Å². The summed E-state index contributed by atoms with van der Waals surface area (Å²) in [4.78, 5) is 25.5. The van der Waals surface area contributed by atoms with Crippen molar-refractivity contribution in [2.45, 2.75) is 6.10 Å². The van der Waals surface area contributed by atoms with Gasteiger partial charge in [0.1, 0.15) is 0 Å². The van der Waals surface area contributed by atoms with Gasteiger partial charge in [0.2, 0.25) is 5.91 Å². The summed E-state index contributed by atoms with van der Waals surface area (Å²) in [6.45, 7) is 0.964. The Hall–Kier alpha value is -1.63. The zero-order valence-corrected chi connectivity index (χ0v) is 12.2. The molecule has 0 aliphatic carbocycles. The Bertz CT molecular complexity index is 523. The molecule has 0 radical (unpaired) electrons. The van der Waals surface area contributed by atoms with Crippen LogP contribution in [0.3, 0.4) is 0 Å². The second kappa shape index (κ2) is 7.40. The van der Waals surface area contributed by atoms with Crippen molar-refractivity contribution in [2.24, 2.45) is 0 Å². The summed E-state index contributed by atoms with van der Waals surface area (Å²) < 4.78 is 5.27. The molecule has 7 heteroatoms. The number of ether oxygens (including phenoxy) is 1. The second-order valence-electron chi connectivity index (χ2n) is 4.71. The summed E-state index contributed by atoms with van der Waals surface area (Å²) in [5.74, 6) is -0.551. The molecule has 0 spiro atoms. The SMILES string of the molecule is O=C(NCC(=O)N1CCOC(CO)C1)c1cccc(Cl)c1. The molecule has 1 aromatic carbocycles. The number of aliphatic hydroxyl groups is 1. The van der Waals surface area contributed by atoms with E-state index in [9.17, 15) is 9.59 Å². The number of nitrogens with zero attached hydrogens (tertiary/aromatic N) is 1. The molecule has 0 aromatic heterocycles. The molecule has 1 aromatic rings. The lowest BCUT2D eigenvalue weighted by atomic mass is 10.2. The first-order valence-corrected chi connectivity index (χ1v) is 7.02. The van der Waals surface area contributed by atoms with Crippen molar-refractivity contribution < 1.29 is 19.4 Å². The number of morpholine rings is 1. The van der Waals surface area contributed by atoms with Crippen molar-refractivity contribution in [1.82, 2.24) is 10.2 Å². The Morgan fingerprint density at radius 3 is 3.00 bits per heavy atom. The lowest BCUT2D eigenvalue weighted by Gasteiger charge is -2.32. The molecule has 1 heterocycles. The summed E-state index contributed by atoms with van der Waals surface area (Å²) in [6, 6.07) is 6.51. The highest BCUT2D eigenvalue weighted by molar-refractivity contribution is 6.30. The molecule has 6 nitrogen and oxygen atoms in total. The summed E-state index contributed by atoms with van der Waals surface area (Å²) >= 11 is 5.81. The smallest absolute Gasteiger partial charge is 0.251 e. The average molecular weight is 313 g/mol. The third kappa shape index (κ3) is 4.42. The summed E-state index contributed by atoms with van der Waals surface area (Å²) in [7, 11) is 0. The first-order valence-electron chi connectivity index (χ1n) is 6.64. The number of hydrogen-bond acceptors (Lipinski definition) is 4. The number of hydrogen-bond donors (Lipinski definition) is 2. The molecule has 2 amide bonds. The zero-order chi connectivity index (χ0) is 15.2. The van der Waals surface area contributed by atoms with E-state index in [1.165, 1.54) is 6.07 Å². The second-order valence-corrected chi connectivity index (χ2v) is 5.14. The number of halogens is 1. The maximum Gasteiger partial charge on any atom is 0.251 e. The lowest BCUT2D eigenvalue weighted by molar-refractivity contribution is -0.139. The van der Waals surface area contributed by atoms with Gasteiger partial charge in [-0.15, -0.1) is 0 Å². The van der Waals surface area contributed by atoms with Gasteiger partial charge in [-0.3, -0.25) is 9.59 Å². The normalized spacial score (nSPS) is 18.4. The van der Waals surface area contributed by atoms with Gasteiger partial charge in [0, 0.05) is 23.7 Å². The molecular formula is C14H17ClN2O4. The van der Waals surface area contributed by atoms with Crippen molar-refractivity contribution in [2.75, 3.05) is 32.8 Å². The Balaban J connectivity index is 1.84. The van der Waals surface area contributed by atoms with E-state index in [0.717, 1.165) is 0 Å². The number of aliphatic hydroxyl groups excluding tert-OH is 1. The van der Waals surface area contributed by atoms with Crippen LogP contribution in [0.2, 0.25) is 5.02 Å². The molecule has 1 unspecified atom stereocenters. The van der Waals surface area contributed by atoms with Crippen LogP contribution in [0.4, 0.5) is 0 Å². The summed E-state index contributed by atoms with van der Waals surface area (Å²) in [5, 5.41) is 12.1. The van der Waals surface area contributed by atoms with Crippen LogP contribution < -0.4 is 5.32 Å². The maximum atomic E-state index is 12.0. The van der Waals surface area contributed by atoms with Crippen LogP contribution in [0.15, 0.2) is 24.3 Å². The summed E-state index contributed by atoms with van der Waals surface area (Å²) in [5.41, 5.74) is 0.408. The summed E-state index contributed by atoms with van der Waals surface area (Å²) in [6.07, 6.45) is -0.355. The van der Waals surface area contributed by atoms with E-state index in [2.05, 4.69) is 5.32 Å². The molecule has 1 atom stereocenters. The fourth-order valence-corrected chi connectivity index (χ4v) is 2.25. The van der Waals surface area contributed by atoms with E-state index in [1.807, 2.05) is 0 Å². The molecule has 0 saturated carbocycles. The highest BCUT2D eigenvalue weighted by Crippen LogP contribution is 2.10. The number of amides is 2. The highest BCUT2D eigenvalue weighted by Gasteiger charge is 2.23. The third-order valence-electron chi connectivity index (χ3n) is 3.18. The van der Waals surface area contributed by atoms with Crippen molar-refractivity contribution in [3.8, 4) is 0 Å². The largest absolute Gasteiger partial charge is 0.394 e. The van der Waals surface area contributed by atoms with Crippen LogP contribution in [0.5, 0.6) is 0 Å². The van der Waals surface area contributed by atoms with E-state index in [0.29, 0.717) is 30.3 Å². The fourth-order valence-electron chi connectivity index (χ4n) is 2.06. The topological polar surface area (TPSA) is 78.9 Å². The monoisotopic (exact) mass is 312 g/mol. The van der Waals surface area contributed by atoms with Crippen LogP contribution in [0.1, 0.15) is 10.4 Å². The molecule has 0 bridgehead atoms. The van der Waals surface area contributed by atoms with Gasteiger partial charge in [0.15, 0.2) is 0 Å². The molecule has 1 aliphatic heterocycles.